The van der Waals surface area contributed by atoms with E-state index in [9.17, 15) is 9.59 Å². The number of amides is 2. The van der Waals surface area contributed by atoms with Crippen LogP contribution in [0.5, 0.6) is 5.75 Å². The standard InChI is InChI=1S/C19H16BrN5O3/c1-28-14-8-2-11(3-9-14)17-22-19-23-18(27)15(25(19)24-17)10-16(26)21-13-6-4-12(20)5-7-13/h2-9,15H,10H2,1H3,(H,21,26)(H,22,23,24,27)/t15-/m0/s1. The molecule has 142 valence electrons. The number of hydrogen-bond donors (Lipinski definition) is 2. The fraction of sp³-hybridized carbons (Fsp3) is 0.158. The molecular weight excluding hydrogens is 426 g/mol. The quantitative estimate of drug-likeness (QED) is 0.633. The molecule has 2 aromatic carbocycles. The zero-order valence-electron chi connectivity index (χ0n) is 14.8. The van der Waals surface area contributed by atoms with Crippen LogP contribution in [0.3, 0.4) is 0 Å². The summed E-state index contributed by atoms with van der Waals surface area (Å²) < 4.78 is 7.52. The average Bonchev–Trinajstić information content (AvgIpc) is 3.22. The van der Waals surface area contributed by atoms with Crippen LogP contribution in [0.2, 0.25) is 0 Å². The fourth-order valence-electron chi connectivity index (χ4n) is 2.89. The molecule has 0 saturated heterocycles. The van der Waals surface area contributed by atoms with Crippen LogP contribution in [0.1, 0.15) is 12.5 Å². The smallest absolute Gasteiger partial charge is 0.252 e. The highest BCUT2D eigenvalue weighted by atomic mass is 79.9. The van der Waals surface area contributed by atoms with Crippen LogP contribution in [0.15, 0.2) is 53.0 Å². The second-order valence-corrected chi connectivity index (χ2v) is 7.11. The van der Waals surface area contributed by atoms with Crippen LogP contribution in [0.4, 0.5) is 11.6 Å². The van der Waals surface area contributed by atoms with Gasteiger partial charge in [-0.2, -0.15) is 4.98 Å². The van der Waals surface area contributed by atoms with Gasteiger partial charge in [0.2, 0.25) is 11.9 Å². The van der Waals surface area contributed by atoms with Crippen LogP contribution in [-0.2, 0) is 9.59 Å². The Morgan fingerprint density at radius 3 is 2.61 bits per heavy atom. The summed E-state index contributed by atoms with van der Waals surface area (Å²) in [5, 5.41) is 9.88. The van der Waals surface area contributed by atoms with Gasteiger partial charge in [0.05, 0.1) is 13.5 Å². The van der Waals surface area contributed by atoms with Crippen molar-refractivity contribution in [3.05, 3.63) is 53.0 Å². The van der Waals surface area contributed by atoms with E-state index in [0.717, 1.165) is 15.8 Å². The summed E-state index contributed by atoms with van der Waals surface area (Å²) in [5.74, 6) is 0.943. The first-order valence-electron chi connectivity index (χ1n) is 8.51. The number of nitrogens with one attached hydrogen (secondary N) is 2. The number of hydrogen-bond acceptors (Lipinski definition) is 5. The first kappa shape index (κ1) is 18.2. The van der Waals surface area contributed by atoms with E-state index >= 15 is 0 Å². The predicted molar refractivity (Wildman–Crippen MR) is 107 cm³/mol. The van der Waals surface area contributed by atoms with Gasteiger partial charge in [0, 0.05) is 15.7 Å². The molecule has 0 radical (unpaired) electrons. The van der Waals surface area contributed by atoms with Crippen molar-refractivity contribution in [2.24, 2.45) is 0 Å². The molecule has 0 saturated carbocycles. The third kappa shape index (κ3) is 3.61. The maximum atomic E-state index is 12.4. The van der Waals surface area contributed by atoms with Crippen LogP contribution in [0, 0.1) is 0 Å². The monoisotopic (exact) mass is 441 g/mol. The minimum atomic E-state index is -0.745. The lowest BCUT2D eigenvalue weighted by Gasteiger charge is -2.10. The number of fused-ring (bicyclic) bond motifs is 1. The lowest BCUT2D eigenvalue weighted by Crippen LogP contribution is -2.23. The van der Waals surface area contributed by atoms with Gasteiger partial charge in [0.1, 0.15) is 11.8 Å². The number of methoxy groups -OCH3 is 1. The molecule has 0 fully saturated rings. The normalized spacial score (nSPS) is 15.1. The molecule has 0 spiro atoms. The van der Waals surface area contributed by atoms with Crippen molar-refractivity contribution in [2.45, 2.75) is 12.5 Å². The van der Waals surface area contributed by atoms with Gasteiger partial charge in [0.15, 0.2) is 5.82 Å². The number of nitrogens with zero attached hydrogens (tertiary/aromatic N) is 3. The first-order valence-corrected chi connectivity index (χ1v) is 9.30. The molecule has 28 heavy (non-hydrogen) atoms. The van der Waals surface area contributed by atoms with Gasteiger partial charge in [-0.3, -0.25) is 14.9 Å². The average molecular weight is 442 g/mol. The molecule has 9 heteroatoms. The highest BCUT2D eigenvalue weighted by Crippen LogP contribution is 2.29. The van der Waals surface area contributed by atoms with Gasteiger partial charge in [-0.25, -0.2) is 4.68 Å². The Morgan fingerprint density at radius 2 is 1.93 bits per heavy atom. The lowest BCUT2D eigenvalue weighted by molar-refractivity contribution is -0.123. The molecule has 1 aromatic heterocycles. The molecule has 3 aromatic rings. The molecule has 0 unspecified atom stereocenters. The van der Waals surface area contributed by atoms with Crippen LogP contribution < -0.4 is 15.4 Å². The van der Waals surface area contributed by atoms with Crippen molar-refractivity contribution in [1.82, 2.24) is 14.8 Å². The van der Waals surface area contributed by atoms with Crippen LogP contribution >= 0.6 is 15.9 Å². The van der Waals surface area contributed by atoms with Gasteiger partial charge in [0.25, 0.3) is 5.91 Å². The Bertz CT molecular complexity index is 1030. The fourth-order valence-corrected chi connectivity index (χ4v) is 3.16. The van der Waals surface area contributed by atoms with Gasteiger partial charge in [-0.05, 0) is 48.5 Å². The van der Waals surface area contributed by atoms with E-state index in [-0.39, 0.29) is 18.2 Å². The molecule has 1 atom stereocenters. The molecule has 2 amide bonds. The number of ether oxygens (including phenoxy) is 1. The van der Waals surface area contributed by atoms with Crippen molar-refractivity contribution < 1.29 is 14.3 Å². The van der Waals surface area contributed by atoms with Gasteiger partial charge in [-0.1, -0.05) is 15.9 Å². The summed E-state index contributed by atoms with van der Waals surface area (Å²) in [7, 11) is 1.60. The number of halogens is 1. The molecule has 0 bridgehead atoms. The highest BCUT2D eigenvalue weighted by molar-refractivity contribution is 9.10. The minimum absolute atomic E-state index is 0.0414. The van der Waals surface area contributed by atoms with Crippen LogP contribution in [-0.4, -0.2) is 33.7 Å². The number of benzene rings is 2. The predicted octanol–water partition coefficient (Wildman–Crippen LogP) is 3.24. The third-order valence-electron chi connectivity index (χ3n) is 4.32. The molecule has 2 heterocycles. The molecule has 4 rings (SSSR count). The van der Waals surface area contributed by atoms with E-state index in [0.29, 0.717) is 17.5 Å². The summed E-state index contributed by atoms with van der Waals surface area (Å²) in [5.41, 5.74) is 1.44. The summed E-state index contributed by atoms with van der Waals surface area (Å²) in [4.78, 5) is 29.0. The topological polar surface area (TPSA) is 98.1 Å². The number of carbonyl (C=O) groups is 2. The SMILES string of the molecule is COc1ccc(-c2nc3n(n2)[C@@H](CC(=O)Nc2ccc(Br)cc2)C(=O)N3)cc1. The van der Waals surface area contributed by atoms with Crippen molar-refractivity contribution in [2.75, 3.05) is 17.7 Å². The maximum absolute atomic E-state index is 12.4. The number of carbonyl (C=O) groups excluding carboxylic acids is 2. The van der Waals surface area contributed by atoms with E-state index in [1.165, 1.54) is 4.68 Å². The molecule has 0 aliphatic carbocycles. The summed E-state index contributed by atoms with van der Waals surface area (Å²) in [6, 6.07) is 13.8. The highest BCUT2D eigenvalue weighted by Gasteiger charge is 2.35. The number of anilines is 2. The second kappa shape index (κ2) is 7.43. The van der Waals surface area contributed by atoms with Crippen molar-refractivity contribution in [3.63, 3.8) is 0 Å². The Balaban J connectivity index is 1.50. The van der Waals surface area contributed by atoms with E-state index < -0.39 is 6.04 Å². The first-order chi connectivity index (χ1) is 13.5. The zero-order valence-corrected chi connectivity index (χ0v) is 16.4. The Kier molecular flexibility index (Phi) is 4.82. The molecule has 8 nitrogen and oxygen atoms in total. The van der Waals surface area contributed by atoms with Crippen LogP contribution in [0.25, 0.3) is 11.4 Å². The van der Waals surface area contributed by atoms with E-state index in [1.54, 1.807) is 19.2 Å². The lowest BCUT2D eigenvalue weighted by atomic mass is 10.2. The molecule has 1 aliphatic heterocycles. The zero-order chi connectivity index (χ0) is 19.7. The second-order valence-electron chi connectivity index (χ2n) is 6.20. The van der Waals surface area contributed by atoms with E-state index in [1.807, 2.05) is 36.4 Å². The van der Waals surface area contributed by atoms with Crippen molar-refractivity contribution in [3.8, 4) is 17.1 Å². The largest absolute Gasteiger partial charge is 0.497 e. The molecule has 1 aliphatic rings. The Labute approximate surface area is 169 Å². The summed E-state index contributed by atoms with van der Waals surface area (Å²) in [6.07, 6.45) is -0.0414. The third-order valence-corrected chi connectivity index (χ3v) is 4.85. The number of rotatable bonds is 5. The maximum Gasteiger partial charge on any atom is 0.252 e. The Morgan fingerprint density at radius 1 is 1.21 bits per heavy atom. The number of aromatic nitrogens is 3. The van der Waals surface area contributed by atoms with Gasteiger partial charge < -0.3 is 10.1 Å². The van der Waals surface area contributed by atoms with E-state index in [2.05, 4.69) is 36.6 Å². The molecule has 2 N–H and O–H groups in total. The van der Waals surface area contributed by atoms with Crippen molar-refractivity contribution in [1.29, 1.82) is 0 Å². The van der Waals surface area contributed by atoms with Crippen molar-refractivity contribution >= 4 is 39.4 Å². The summed E-state index contributed by atoms with van der Waals surface area (Å²) in [6.45, 7) is 0. The minimum Gasteiger partial charge on any atom is -0.497 e. The summed E-state index contributed by atoms with van der Waals surface area (Å²) >= 11 is 3.35. The molecular formula is C19H16BrN5O3. The van der Waals surface area contributed by atoms with E-state index in [4.69, 9.17) is 4.74 Å². The van der Waals surface area contributed by atoms with Gasteiger partial charge >= 0.3 is 0 Å². The Hall–Kier alpha value is -3.20. The van der Waals surface area contributed by atoms with Gasteiger partial charge in [-0.15, -0.1) is 5.10 Å².